The van der Waals surface area contributed by atoms with Crippen molar-refractivity contribution in [1.29, 1.82) is 0 Å². The molecule has 0 aromatic carbocycles. The summed E-state index contributed by atoms with van der Waals surface area (Å²) in [6.45, 7) is 4.89. The van der Waals surface area contributed by atoms with Gasteiger partial charge in [0.05, 0.1) is 0 Å². The molecule has 3 aliphatic rings. The number of hydrogen-bond acceptors (Lipinski definition) is 2. The number of likely N-dealkylation sites (tertiary alicyclic amines) is 2. The van der Waals surface area contributed by atoms with Crippen molar-refractivity contribution in [2.75, 3.05) is 19.6 Å². The van der Waals surface area contributed by atoms with Crippen LogP contribution in [0.25, 0.3) is 0 Å². The SMILES string of the molecule is CC1CCCN(C(=O)CCCC(=O)N2CCCC3CCCC=C32)C1. The summed E-state index contributed by atoms with van der Waals surface area (Å²) in [6.07, 6.45) is 12.3. The highest BCUT2D eigenvalue weighted by Gasteiger charge is 2.30. The number of allylic oxidation sites excluding steroid dienone is 2. The zero-order valence-electron chi connectivity index (χ0n) is 15.1. The minimum atomic E-state index is 0.229. The van der Waals surface area contributed by atoms with E-state index in [4.69, 9.17) is 0 Å². The Morgan fingerprint density at radius 3 is 2.62 bits per heavy atom. The van der Waals surface area contributed by atoms with Crippen LogP contribution in [0.2, 0.25) is 0 Å². The minimum absolute atomic E-state index is 0.229. The van der Waals surface area contributed by atoms with E-state index in [0.29, 0.717) is 31.1 Å². The van der Waals surface area contributed by atoms with Crippen LogP contribution in [0.1, 0.15) is 71.1 Å². The highest BCUT2D eigenvalue weighted by molar-refractivity contribution is 5.80. The van der Waals surface area contributed by atoms with E-state index in [0.717, 1.165) is 38.9 Å². The maximum absolute atomic E-state index is 12.6. The first-order chi connectivity index (χ1) is 11.6. The third-order valence-electron chi connectivity index (χ3n) is 5.87. The second-order valence-corrected chi connectivity index (χ2v) is 7.89. The first-order valence-corrected chi connectivity index (χ1v) is 9.93. The van der Waals surface area contributed by atoms with Crippen molar-refractivity contribution in [2.45, 2.75) is 71.1 Å². The maximum Gasteiger partial charge on any atom is 0.226 e. The van der Waals surface area contributed by atoms with Crippen LogP contribution in [-0.2, 0) is 9.59 Å². The molecule has 24 heavy (non-hydrogen) atoms. The van der Waals surface area contributed by atoms with Gasteiger partial charge >= 0.3 is 0 Å². The van der Waals surface area contributed by atoms with Gasteiger partial charge in [0.25, 0.3) is 0 Å². The summed E-state index contributed by atoms with van der Waals surface area (Å²) in [4.78, 5) is 29.0. The van der Waals surface area contributed by atoms with Crippen LogP contribution in [0.15, 0.2) is 11.8 Å². The predicted molar refractivity (Wildman–Crippen MR) is 95.2 cm³/mol. The molecule has 2 aliphatic heterocycles. The van der Waals surface area contributed by atoms with Crippen LogP contribution in [0.4, 0.5) is 0 Å². The van der Waals surface area contributed by atoms with Crippen LogP contribution in [0, 0.1) is 11.8 Å². The summed E-state index contributed by atoms with van der Waals surface area (Å²) in [7, 11) is 0. The van der Waals surface area contributed by atoms with Crippen LogP contribution >= 0.6 is 0 Å². The molecule has 0 saturated carbocycles. The number of nitrogens with zero attached hydrogens (tertiary/aromatic N) is 2. The lowest BCUT2D eigenvalue weighted by atomic mass is 9.85. The fraction of sp³-hybridized carbons (Fsp3) is 0.800. The summed E-state index contributed by atoms with van der Waals surface area (Å²) in [6, 6.07) is 0. The Morgan fingerprint density at radius 1 is 1.04 bits per heavy atom. The molecular weight excluding hydrogens is 300 g/mol. The standard InChI is InChI=1S/C20H32N2O2/c1-16-7-5-13-21(15-16)19(23)11-4-12-20(24)22-14-6-9-17-8-2-3-10-18(17)22/h10,16-17H,2-9,11-15H2,1H3. The van der Waals surface area contributed by atoms with Gasteiger partial charge in [-0.3, -0.25) is 9.59 Å². The average molecular weight is 332 g/mol. The Morgan fingerprint density at radius 2 is 1.79 bits per heavy atom. The van der Waals surface area contributed by atoms with Crippen molar-refractivity contribution >= 4 is 11.8 Å². The zero-order valence-corrected chi connectivity index (χ0v) is 15.1. The van der Waals surface area contributed by atoms with Gasteiger partial charge in [-0.1, -0.05) is 13.0 Å². The minimum Gasteiger partial charge on any atom is -0.342 e. The predicted octanol–water partition coefficient (Wildman–Crippen LogP) is 3.72. The molecule has 2 fully saturated rings. The number of rotatable bonds is 4. The van der Waals surface area contributed by atoms with Crippen molar-refractivity contribution in [3.8, 4) is 0 Å². The first kappa shape index (κ1) is 17.5. The van der Waals surface area contributed by atoms with Gasteiger partial charge in [-0.2, -0.15) is 0 Å². The van der Waals surface area contributed by atoms with Crippen LogP contribution < -0.4 is 0 Å². The van der Waals surface area contributed by atoms with Gasteiger partial charge in [0, 0.05) is 38.2 Å². The zero-order chi connectivity index (χ0) is 16.9. The van der Waals surface area contributed by atoms with Gasteiger partial charge in [-0.15, -0.1) is 0 Å². The van der Waals surface area contributed by atoms with E-state index in [-0.39, 0.29) is 11.8 Å². The topological polar surface area (TPSA) is 40.6 Å². The molecule has 2 atom stereocenters. The maximum atomic E-state index is 12.6. The van der Waals surface area contributed by atoms with Crippen molar-refractivity contribution in [1.82, 2.24) is 9.80 Å². The highest BCUT2D eigenvalue weighted by atomic mass is 16.2. The van der Waals surface area contributed by atoms with E-state index >= 15 is 0 Å². The Kier molecular flexibility index (Phi) is 5.96. The normalized spacial score (nSPS) is 27.5. The fourth-order valence-electron chi connectivity index (χ4n) is 4.54. The lowest BCUT2D eigenvalue weighted by Crippen LogP contribution is -2.40. The Bertz CT molecular complexity index is 500. The second kappa shape index (κ2) is 8.17. The Hall–Kier alpha value is -1.32. The smallest absolute Gasteiger partial charge is 0.226 e. The third kappa shape index (κ3) is 4.20. The summed E-state index contributed by atoms with van der Waals surface area (Å²) in [5, 5.41) is 0. The van der Waals surface area contributed by atoms with E-state index in [1.807, 2.05) is 9.80 Å². The van der Waals surface area contributed by atoms with Gasteiger partial charge in [0.2, 0.25) is 11.8 Å². The molecule has 4 nitrogen and oxygen atoms in total. The van der Waals surface area contributed by atoms with Gasteiger partial charge in [0.15, 0.2) is 0 Å². The number of fused-ring (bicyclic) bond motifs is 1. The van der Waals surface area contributed by atoms with E-state index in [1.54, 1.807) is 0 Å². The molecule has 4 heteroatoms. The summed E-state index contributed by atoms with van der Waals surface area (Å²) in [5.41, 5.74) is 1.29. The average Bonchev–Trinajstić information content (AvgIpc) is 2.61. The molecular formula is C20H32N2O2. The van der Waals surface area contributed by atoms with E-state index < -0.39 is 0 Å². The van der Waals surface area contributed by atoms with Crippen molar-refractivity contribution in [3.05, 3.63) is 11.8 Å². The highest BCUT2D eigenvalue weighted by Crippen LogP contribution is 2.35. The molecule has 134 valence electrons. The van der Waals surface area contributed by atoms with E-state index in [1.165, 1.54) is 31.4 Å². The van der Waals surface area contributed by atoms with E-state index in [2.05, 4.69) is 13.0 Å². The molecule has 0 bridgehead atoms. The molecule has 0 radical (unpaired) electrons. The summed E-state index contributed by atoms with van der Waals surface area (Å²) in [5.74, 6) is 1.69. The van der Waals surface area contributed by atoms with E-state index in [9.17, 15) is 9.59 Å². The largest absolute Gasteiger partial charge is 0.342 e. The third-order valence-corrected chi connectivity index (χ3v) is 5.87. The fourth-order valence-corrected chi connectivity index (χ4v) is 4.54. The number of carbonyl (C=O) groups excluding carboxylic acids is 2. The first-order valence-electron chi connectivity index (χ1n) is 9.93. The van der Waals surface area contributed by atoms with Crippen molar-refractivity contribution in [2.24, 2.45) is 11.8 Å². The molecule has 2 unspecified atom stereocenters. The number of piperidine rings is 2. The lowest BCUT2D eigenvalue weighted by molar-refractivity contribution is -0.133. The molecule has 0 aromatic rings. The van der Waals surface area contributed by atoms with Gasteiger partial charge < -0.3 is 9.80 Å². The van der Waals surface area contributed by atoms with Gasteiger partial charge in [0.1, 0.15) is 0 Å². The molecule has 1 aliphatic carbocycles. The van der Waals surface area contributed by atoms with Crippen LogP contribution in [0.5, 0.6) is 0 Å². The van der Waals surface area contributed by atoms with Crippen LogP contribution in [0.3, 0.4) is 0 Å². The molecule has 2 saturated heterocycles. The molecule has 0 spiro atoms. The Labute approximate surface area is 146 Å². The Balaban J connectivity index is 1.45. The van der Waals surface area contributed by atoms with Crippen LogP contribution in [-0.4, -0.2) is 41.2 Å². The monoisotopic (exact) mass is 332 g/mol. The molecule has 2 amide bonds. The molecule has 2 heterocycles. The van der Waals surface area contributed by atoms with Crippen molar-refractivity contribution < 1.29 is 9.59 Å². The van der Waals surface area contributed by atoms with Gasteiger partial charge in [-0.25, -0.2) is 0 Å². The quantitative estimate of drug-likeness (QED) is 0.787. The molecule has 0 aromatic heterocycles. The summed E-state index contributed by atoms with van der Waals surface area (Å²) < 4.78 is 0. The molecule has 3 rings (SSSR count). The lowest BCUT2D eigenvalue weighted by Gasteiger charge is -2.38. The number of amides is 2. The molecule has 0 N–H and O–H groups in total. The van der Waals surface area contributed by atoms with Gasteiger partial charge in [-0.05, 0) is 63.2 Å². The number of hydrogen-bond donors (Lipinski definition) is 0. The van der Waals surface area contributed by atoms with Crippen molar-refractivity contribution in [3.63, 3.8) is 0 Å². The second-order valence-electron chi connectivity index (χ2n) is 7.89. The number of carbonyl (C=O) groups is 2. The summed E-state index contributed by atoms with van der Waals surface area (Å²) >= 11 is 0.